The van der Waals surface area contributed by atoms with Crippen LogP contribution in [0, 0.1) is 11.8 Å². The van der Waals surface area contributed by atoms with E-state index in [0.29, 0.717) is 12.0 Å². The fraction of sp³-hybridized carbons (Fsp3) is 1.00. The van der Waals surface area contributed by atoms with Gasteiger partial charge in [0.15, 0.2) is 0 Å². The summed E-state index contributed by atoms with van der Waals surface area (Å²) in [5, 5.41) is 0. The van der Waals surface area contributed by atoms with Crippen LogP contribution in [0.25, 0.3) is 0 Å². The average molecular weight is 239 g/mol. The molecule has 2 heterocycles. The average Bonchev–Trinajstić information content (AvgIpc) is 2.37. The van der Waals surface area contributed by atoms with Gasteiger partial charge in [0.1, 0.15) is 0 Å². The van der Waals surface area contributed by atoms with Crippen LogP contribution in [0.15, 0.2) is 0 Å². The lowest BCUT2D eigenvalue weighted by molar-refractivity contribution is 0.0139. The van der Waals surface area contributed by atoms with Crippen LogP contribution in [-0.4, -0.2) is 55.1 Å². The highest BCUT2D eigenvalue weighted by atomic mass is 15.2. The maximum absolute atomic E-state index is 5.80. The van der Waals surface area contributed by atoms with Crippen LogP contribution in [0.2, 0.25) is 0 Å². The standard InChI is InChI=1S/C14H29N3/c1-11(9-15)12(2)17-8-6-14-13(10-17)5-4-7-16(14)3/h11-14H,4-10,15H2,1-3H3. The summed E-state index contributed by atoms with van der Waals surface area (Å²) >= 11 is 0. The normalized spacial score (nSPS) is 35.3. The van der Waals surface area contributed by atoms with E-state index in [2.05, 4.69) is 30.7 Å². The van der Waals surface area contributed by atoms with Gasteiger partial charge in [0, 0.05) is 18.6 Å². The van der Waals surface area contributed by atoms with E-state index in [-0.39, 0.29) is 0 Å². The molecule has 2 aliphatic heterocycles. The van der Waals surface area contributed by atoms with Gasteiger partial charge in [-0.2, -0.15) is 0 Å². The molecule has 2 fully saturated rings. The monoisotopic (exact) mass is 239 g/mol. The minimum absolute atomic E-state index is 0.618. The molecule has 0 radical (unpaired) electrons. The van der Waals surface area contributed by atoms with Crippen molar-refractivity contribution in [2.75, 3.05) is 33.2 Å². The van der Waals surface area contributed by atoms with E-state index < -0.39 is 0 Å². The highest BCUT2D eigenvalue weighted by Crippen LogP contribution is 2.31. The Bertz CT molecular complexity index is 244. The number of nitrogens with zero attached hydrogens (tertiary/aromatic N) is 2. The Morgan fingerprint density at radius 2 is 2.00 bits per heavy atom. The molecule has 0 aromatic carbocycles. The number of fused-ring (bicyclic) bond motifs is 1. The molecule has 100 valence electrons. The van der Waals surface area contributed by atoms with Gasteiger partial charge in [0.05, 0.1) is 0 Å². The zero-order chi connectivity index (χ0) is 12.4. The van der Waals surface area contributed by atoms with Crippen molar-refractivity contribution in [3.05, 3.63) is 0 Å². The van der Waals surface area contributed by atoms with Crippen molar-refractivity contribution in [3.63, 3.8) is 0 Å². The molecule has 0 amide bonds. The van der Waals surface area contributed by atoms with Gasteiger partial charge in [0.25, 0.3) is 0 Å². The summed E-state index contributed by atoms with van der Waals surface area (Å²) in [6.07, 6.45) is 4.16. The Kier molecular flexibility index (Phi) is 4.45. The largest absolute Gasteiger partial charge is 0.330 e. The van der Waals surface area contributed by atoms with Crippen LogP contribution >= 0.6 is 0 Å². The molecule has 0 spiro atoms. The van der Waals surface area contributed by atoms with Gasteiger partial charge in [-0.1, -0.05) is 6.92 Å². The van der Waals surface area contributed by atoms with E-state index in [1.807, 2.05) is 0 Å². The lowest BCUT2D eigenvalue weighted by Crippen LogP contribution is -2.55. The molecule has 4 unspecified atom stereocenters. The fourth-order valence-electron chi connectivity index (χ4n) is 3.61. The van der Waals surface area contributed by atoms with Gasteiger partial charge < -0.3 is 10.6 Å². The first-order valence-corrected chi connectivity index (χ1v) is 7.27. The third kappa shape index (κ3) is 2.83. The molecule has 17 heavy (non-hydrogen) atoms. The lowest BCUT2D eigenvalue weighted by Gasteiger charge is -2.48. The van der Waals surface area contributed by atoms with Crippen LogP contribution in [0.5, 0.6) is 0 Å². The third-order valence-electron chi connectivity index (χ3n) is 5.15. The number of likely N-dealkylation sites (tertiary alicyclic amines) is 2. The van der Waals surface area contributed by atoms with E-state index in [0.717, 1.165) is 18.5 Å². The SMILES string of the molecule is CC(CN)C(C)N1CCC2C(CCCN2C)C1. The molecule has 0 aliphatic carbocycles. The summed E-state index contributed by atoms with van der Waals surface area (Å²) in [6.45, 7) is 9.30. The maximum atomic E-state index is 5.80. The molecule has 2 saturated heterocycles. The van der Waals surface area contributed by atoms with Crippen LogP contribution in [0.3, 0.4) is 0 Å². The zero-order valence-corrected chi connectivity index (χ0v) is 11.7. The molecule has 2 aliphatic rings. The number of piperidine rings is 2. The number of hydrogen-bond donors (Lipinski definition) is 1. The van der Waals surface area contributed by atoms with Gasteiger partial charge in [-0.3, -0.25) is 4.90 Å². The Labute approximate surface area is 106 Å². The third-order valence-corrected chi connectivity index (χ3v) is 5.15. The molecular weight excluding hydrogens is 210 g/mol. The Hall–Kier alpha value is -0.120. The first kappa shape index (κ1) is 13.3. The highest BCUT2D eigenvalue weighted by Gasteiger charge is 2.36. The van der Waals surface area contributed by atoms with Crippen LogP contribution in [-0.2, 0) is 0 Å². The van der Waals surface area contributed by atoms with Crippen molar-refractivity contribution in [2.24, 2.45) is 17.6 Å². The van der Waals surface area contributed by atoms with E-state index in [1.165, 1.54) is 38.9 Å². The van der Waals surface area contributed by atoms with Gasteiger partial charge in [-0.25, -0.2) is 0 Å². The summed E-state index contributed by atoms with van der Waals surface area (Å²) in [7, 11) is 2.30. The Morgan fingerprint density at radius 3 is 2.71 bits per heavy atom. The molecule has 0 aromatic heterocycles. The number of rotatable bonds is 3. The summed E-state index contributed by atoms with van der Waals surface area (Å²) in [5.41, 5.74) is 5.80. The summed E-state index contributed by atoms with van der Waals surface area (Å²) < 4.78 is 0. The van der Waals surface area contributed by atoms with Gasteiger partial charge in [-0.15, -0.1) is 0 Å². The second-order valence-corrected chi connectivity index (χ2v) is 6.19. The van der Waals surface area contributed by atoms with Crippen molar-refractivity contribution < 1.29 is 0 Å². The van der Waals surface area contributed by atoms with Crippen LogP contribution < -0.4 is 5.73 Å². The van der Waals surface area contributed by atoms with E-state index in [4.69, 9.17) is 5.73 Å². The van der Waals surface area contributed by atoms with Crippen molar-refractivity contribution in [1.29, 1.82) is 0 Å². The molecule has 2 rings (SSSR count). The van der Waals surface area contributed by atoms with E-state index >= 15 is 0 Å². The Balaban J connectivity index is 1.93. The molecule has 3 nitrogen and oxygen atoms in total. The highest BCUT2D eigenvalue weighted by molar-refractivity contribution is 4.91. The Morgan fingerprint density at radius 1 is 1.24 bits per heavy atom. The van der Waals surface area contributed by atoms with E-state index in [9.17, 15) is 0 Å². The minimum Gasteiger partial charge on any atom is -0.330 e. The molecule has 0 saturated carbocycles. The van der Waals surface area contributed by atoms with Crippen molar-refractivity contribution in [2.45, 2.75) is 45.2 Å². The predicted molar refractivity (Wildman–Crippen MR) is 73.0 cm³/mol. The van der Waals surface area contributed by atoms with Crippen molar-refractivity contribution in [3.8, 4) is 0 Å². The van der Waals surface area contributed by atoms with Crippen molar-refractivity contribution in [1.82, 2.24) is 9.80 Å². The van der Waals surface area contributed by atoms with Crippen LogP contribution in [0.1, 0.15) is 33.1 Å². The summed E-state index contributed by atoms with van der Waals surface area (Å²) in [6, 6.07) is 1.49. The first-order valence-electron chi connectivity index (χ1n) is 7.27. The number of nitrogens with two attached hydrogens (primary N) is 1. The quantitative estimate of drug-likeness (QED) is 0.808. The first-order chi connectivity index (χ1) is 8.13. The molecule has 0 aromatic rings. The molecule has 3 heteroatoms. The fourth-order valence-corrected chi connectivity index (χ4v) is 3.61. The minimum atomic E-state index is 0.618. The van der Waals surface area contributed by atoms with Gasteiger partial charge in [-0.05, 0) is 64.7 Å². The van der Waals surface area contributed by atoms with Gasteiger partial charge in [0.2, 0.25) is 0 Å². The molecule has 4 atom stereocenters. The summed E-state index contributed by atoms with van der Waals surface area (Å²) in [5.74, 6) is 1.52. The second kappa shape index (κ2) is 5.68. The second-order valence-electron chi connectivity index (χ2n) is 6.19. The van der Waals surface area contributed by atoms with Gasteiger partial charge >= 0.3 is 0 Å². The molecule has 0 bridgehead atoms. The van der Waals surface area contributed by atoms with E-state index in [1.54, 1.807) is 0 Å². The summed E-state index contributed by atoms with van der Waals surface area (Å²) in [4.78, 5) is 5.26. The molecule has 2 N–H and O–H groups in total. The smallest absolute Gasteiger partial charge is 0.0145 e. The lowest BCUT2D eigenvalue weighted by atomic mass is 9.83. The van der Waals surface area contributed by atoms with Crippen molar-refractivity contribution >= 4 is 0 Å². The molecular formula is C14H29N3. The topological polar surface area (TPSA) is 32.5 Å². The number of hydrogen-bond acceptors (Lipinski definition) is 3. The zero-order valence-electron chi connectivity index (χ0n) is 11.7. The maximum Gasteiger partial charge on any atom is 0.0145 e. The van der Waals surface area contributed by atoms with Crippen LogP contribution in [0.4, 0.5) is 0 Å². The predicted octanol–water partition coefficient (Wildman–Crippen LogP) is 1.39.